The molecule has 0 aliphatic heterocycles. The molecular weight excluding hydrogens is 324 g/mol. The second kappa shape index (κ2) is 6.41. The van der Waals surface area contributed by atoms with E-state index in [0.717, 1.165) is 15.8 Å². The van der Waals surface area contributed by atoms with Crippen LogP contribution in [-0.4, -0.2) is 23.6 Å². The summed E-state index contributed by atoms with van der Waals surface area (Å²) in [6.07, 6.45) is 0. The molecule has 5 nitrogen and oxygen atoms in total. The van der Waals surface area contributed by atoms with Gasteiger partial charge in [0, 0.05) is 12.6 Å². The Labute approximate surface area is 142 Å². The lowest BCUT2D eigenvalue weighted by Gasteiger charge is -2.00. The molecule has 2 aromatic carbocycles. The predicted molar refractivity (Wildman–Crippen MR) is 93.2 cm³/mol. The first-order valence-electron chi connectivity index (χ1n) is 7.34. The van der Waals surface area contributed by atoms with E-state index in [4.69, 9.17) is 4.74 Å². The Morgan fingerprint density at radius 1 is 1.17 bits per heavy atom. The minimum atomic E-state index is -0.387. The molecule has 24 heavy (non-hydrogen) atoms. The molecule has 3 aromatic rings. The summed E-state index contributed by atoms with van der Waals surface area (Å²) >= 11 is 1.36. The molecule has 0 N–H and O–H groups in total. The molecule has 0 fully saturated rings. The van der Waals surface area contributed by atoms with Crippen molar-refractivity contribution in [1.82, 2.24) is 4.57 Å². The molecule has 1 heterocycles. The van der Waals surface area contributed by atoms with Crippen molar-refractivity contribution in [3.63, 3.8) is 0 Å². The second-order valence-electron chi connectivity index (χ2n) is 5.35. The van der Waals surface area contributed by atoms with Gasteiger partial charge in [0.25, 0.3) is 5.91 Å². The van der Waals surface area contributed by atoms with Crippen LogP contribution in [0.1, 0.15) is 26.3 Å². The molecule has 0 aliphatic carbocycles. The van der Waals surface area contributed by atoms with Gasteiger partial charge in [-0.05, 0) is 36.8 Å². The lowest BCUT2D eigenvalue weighted by atomic mass is 10.1. The van der Waals surface area contributed by atoms with E-state index >= 15 is 0 Å². The van der Waals surface area contributed by atoms with Crippen molar-refractivity contribution in [2.45, 2.75) is 6.92 Å². The Kier molecular flexibility index (Phi) is 4.31. The second-order valence-corrected chi connectivity index (χ2v) is 6.36. The third kappa shape index (κ3) is 2.88. The SMILES string of the molecule is COC(=O)c1ccc2c(c1)sc(=NC(=O)c1ccccc1C)n2C. The molecule has 0 saturated heterocycles. The quantitative estimate of drug-likeness (QED) is 0.674. The minimum Gasteiger partial charge on any atom is -0.465 e. The maximum absolute atomic E-state index is 12.4. The number of ether oxygens (including phenoxy) is 1. The molecule has 3 rings (SSSR count). The van der Waals surface area contributed by atoms with Crippen LogP contribution in [0.4, 0.5) is 0 Å². The zero-order chi connectivity index (χ0) is 17.3. The van der Waals surface area contributed by atoms with Gasteiger partial charge in [0.1, 0.15) is 0 Å². The lowest BCUT2D eigenvalue weighted by molar-refractivity contribution is 0.0601. The van der Waals surface area contributed by atoms with E-state index in [9.17, 15) is 9.59 Å². The number of hydrogen-bond acceptors (Lipinski definition) is 4. The number of amides is 1. The Morgan fingerprint density at radius 3 is 2.62 bits per heavy atom. The summed E-state index contributed by atoms with van der Waals surface area (Å²) in [5.74, 6) is -0.661. The van der Waals surface area contributed by atoms with E-state index < -0.39 is 0 Å². The number of carbonyl (C=O) groups is 2. The van der Waals surface area contributed by atoms with Crippen LogP contribution in [-0.2, 0) is 11.8 Å². The van der Waals surface area contributed by atoms with Gasteiger partial charge in [0.05, 0.1) is 22.9 Å². The van der Waals surface area contributed by atoms with E-state index in [2.05, 4.69) is 4.99 Å². The molecule has 0 radical (unpaired) electrons. The van der Waals surface area contributed by atoms with Gasteiger partial charge in [-0.15, -0.1) is 0 Å². The lowest BCUT2D eigenvalue weighted by Crippen LogP contribution is -2.13. The minimum absolute atomic E-state index is 0.275. The largest absolute Gasteiger partial charge is 0.465 e. The summed E-state index contributed by atoms with van der Waals surface area (Å²) in [5, 5.41) is 0. The van der Waals surface area contributed by atoms with Gasteiger partial charge in [-0.25, -0.2) is 4.79 Å². The first kappa shape index (κ1) is 16.1. The number of nitrogens with zero attached hydrogens (tertiary/aromatic N) is 2. The highest BCUT2D eigenvalue weighted by Crippen LogP contribution is 2.19. The van der Waals surface area contributed by atoms with Crippen LogP contribution >= 0.6 is 11.3 Å². The van der Waals surface area contributed by atoms with Crippen molar-refractivity contribution in [2.24, 2.45) is 12.0 Å². The highest BCUT2D eigenvalue weighted by molar-refractivity contribution is 7.16. The predicted octanol–water partition coefficient (Wildman–Crippen LogP) is 3.08. The smallest absolute Gasteiger partial charge is 0.337 e. The van der Waals surface area contributed by atoms with Gasteiger partial charge >= 0.3 is 5.97 Å². The maximum atomic E-state index is 12.4. The summed E-state index contributed by atoms with van der Waals surface area (Å²) in [5.41, 5.74) is 2.86. The average molecular weight is 340 g/mol. The summed E-state index contributed by atoms with van der Waals surface area (Å²) in [6.45, 7) is 1.89. The molecule has 0 saturated carbocycles. The summed E-state index contributed by atoms with van der Waals surface area (Å²) in [6, 6.07) is 12.6. The van der Waals surface area contributed by atoms with Crippen LogP contribution < -0.4 is 4.80 Å². The van der Waals surface area contributed by atoms with Crippen LogP contribution in [0.15, 0.2) is 47.5 Å². The van der Waals surface area contributed by atoms with E-state index in [1.54, 1.807) is 18.2 Å². The molecular formula is C18H16N2O3S. The summed E-state index contributed by atoms with van der Waals surface area (Å²) < 4.78 is 7.46. The van der Waals surface area contributed by atoms with E-state index in [-0.39, 0.29) is 11.9 Å². The number of esters is 1. The molecule has 1 amide bonds. The van der Waals surface area contributed by atoms with Gasteiger partial charge < -0.3 is 9.30 Å². The van der Waals surface area contributed by atoms with Crippen molar-refractivity contribution in [3.05, 3.63) is 64.0 Å². The number of aromatic nitrogens is 1. The number of rotatable bonds is 2. The number of hydrogen-bond donors (Lipinski definition) is 0. The van der Waals surface area contributed by atoms with Crippen LogP contribution in [0.2, 0.25) is 0 Å². The fourth-order valence-electron chi connectivity index (χ4n) is 2.45. The van der Waals surface area contributed by atoms with Crippen molar-refractivity contribution in [1.29, 1.82) is 0 Å². The normalized spacial score (nSPS) is 11.7. The number of thiazole rings is 1. The zero-order valence-electron chi connectivity index (χ0n) is 13.6. The monoisotopic (exact) mass is 340 g/mol. The maximum Gasteiger partial charge on any atom is 0.337 e. The van der Waals surface area contributed by atoms with Gasteiger partial charge in [-0.2, -0.15) is 4.99 Å². The fraction of sp³-hybridized carbons (Fsp3) is 0.167. The first-order valence-corrected chi connectivity index (χ1v) is 8.15. The zero-order valence-corrected chi connectivity index (χ0v) is 14.4. The highest BCUT2D eigenvalue weighted by Gasteiger charge is 2.11. The topological polar surface area (TPSA) is 60.7 Å². The number of benzene rings is 2. The number of methoxy groups -OCH3 is 1. The van der Waals surface area contributed by atoms with E-state index in [0.29, 0.717) is 15.9 Å². The van der Waals surface area contributed by atoms with E-state index in [1.807, 2.05) is 42.8 Å². The third-order valence-corrected chi connectivity index (χ3v) is 4.90. The number of aryl methyl sites for hydroxylation is 2. The van der Waals surface area contributed by atoms with Crippen molar-refractivity contribution < 1.29 is 14.3 Å². The van der Waals surface area contributed by atoms with Gasteiger partial charge in [0.2, 0.25) is 0 Å². The van der Waals surface area contributed by atoms with E-state index in [1.165, 1.54) is 18.4 Å². The fourth-order valence-corrected chi connectivity index (χ4v) is 3.50. The molecule has 1 aromatic heterocycles. The third-order valence-electron chi connectivity index (χ3n) is 3.80. The Hall–Kier alpha value is -2.73. The van der Waals surface area contributed by atoms with Crippen LogP contribution in [0.25, 0.3) is 10.2 Å². The van der Waals surface area contributed by atoms with Crippen molar-refractivity contribution in [2.75, 3.05) is 7.11 Å². The van der Waals surface area contributed by atoms with Crippen LogP contribution in [0.3, 0.4) is 0 Å². The molecule has 0 aliphatic rings. The van der Waals surface area contributed by atoms with Crippen molar-refractivity contribution >= 4 is 33.4 Å². The molecule has 122 valence electrons. The van der Waals surface area contributed by atoms with Crippen molar-refractivity contribution in [3.8, 4) is 0 Å². The molecule has 6 heteroatoms. The average Bonchev–Trinajstić information content (AvgIpc) is 2.89. The highest BCUT2D eigenvalue weighted by atomic mass is 32.1. The molecule has 0 spiro atoms. The molecule has 0 atom stereocenters. The van der Waals surface area contributed by atoms with Gasteiger partial charge in [-0.1, -0.05) is 29.5 Å². The molecule has 0 unspecified atom stereocenters. The summed E-state index contributed by atoms with van der Waals surface area (Å²) in [4.78, 5) is 28.9. The Bertz CT molecular complexity index is 1010. The Balaban J connectivity index is 2.09. The number of carbonyl (C=O) groups excluding carboxylic acids is 2. The number of fused-ring (bicyclic) bond motifs is 1. The van der Waals surface area contributed by atoms with Gasteiger partial charge in [0.15, 0.2) is 4.80 Å². The van der Waals surface area contributed by atoms with Crippen LogP contribution in [0, 0.1) is 6.92 Å². The summed E-state index contributed by atoms with van der Waals surface area (Å²) in [7, 11) is 3.20. The molecule has 0 bridgehead atoms. The standard InChI is InChI=1S/C18H16N2O3S/c1-11-6-4-5-7-13(11)16(21)19-18-20(2)14-9-8-12(17(22)23-3)10-15(14)24-18/h4-10H,1-3H3. The van der Waals surface area contributed by atoms with Crippen LogP contribution in [0.5, 0.6) is 0 Å². The first-order chi connectivity index (χ1) is 11.5. The Morgan fingerprint density at radius 2 is 1.92 bits per heavy atom. The van der Waals surface area contributed by atoms with Gasteiger partial charge in [-0.3, -0.25) is 4.79 Å².